The summed E-state index contributed by atoms with van der Waals surface area (Å²) in [5.41, 5.74) is 15.9. The fraction of sp³-hybridized carbons (Fsp3) is 0.571. The molecule has 0 bridgehead atoms. The molecule has 1 saturated heterocycles. The number of aliphatic imine (C=N–C) groups is 1. The molecule has 1 aromatic rings. The summed E-state index contributed by atoms with van der Waals surface area (Å²) in [5, 5.41) is 3.13. The number of methoxy groups -OCH3 is 1. The van der Waals surface area contributed by atoms with Gasteiger partial charge in [-0.2, -0.15) is 0 Å². The minimum absolute atomic E-state index is 0.400. The number of morpholine rings is 1. The van der Waals surface area contributed by atoms with E-state index in [1.165, 1.54) is 11.1 Å². The molecule has 0 radical (unpaired) electrons. The van der Waals surface area contributed by atoms with E-state index >= 15 is 0 Å². The first-order valence-corrected chi connectivity index (χ1v) is 10.4. The van der Waals surface area contributed by atoms with Gasteiger partial charge in [0.05, 0.1) is 25.9 Å². The van der Waals surface area contributed by atoms with Crippen molar-refractivity contribution < 1.29 is 9.47 Å². The summed E-state index contributed by atoms with van der Waals surface area (Å²) in [4.78, 5) is 9.47. The summed E-state index contributed by atoms with van der Waals surface area (Å²) in [6.45, 7) is 8.07. The summed E-state index contributed by atoms with van der Waals surface area (Å²) in [6.07, 6.45) is 5.43. The van der Waals surface area contributed by atoms with Crippen LogP contribution < -0.4 is 21.5 Å². The third kappa shape index (κ3) is 4.56. The highest BCUT2D eigenvalue weighted by Gasteiger charge is 2.32. The van der Waals surface area contributed by atoms with E-state index in [0.29, 0.717) is 5.84 Å². The largest absolute Gasteiger partial charge is 0.496 e. The average Bonchev–Trinajstić information content (AvgIpc) is 2.93. The minimum Gasteiger partial charge on any atom is -0.496 e. The third-order valence-electron chi connectivity index (χ3n) is 6.03. The van der Waals surface area contributed by atoms with Crippen LogP contribution >= 0.6 is 0 Å². The molecule has 1 unspecified atom stereocenters. The molecule has 0 aromatic heterocycles. The lowest BCUT2D eigenvalue weighted by Crippen LogP contribution is -2.49. The van der Waals surface area contributed by atoms with E-state index < -0.39 is 5.79 Å². The number of nitrogens with one attached hydrogen (secondary N) is 1. The van der Waals surface area contributed by atoms with Crippen molar-refractivity contribution in [2.45, 2.75) is 18.6 Å². The lowest BCUT2D eigenvalue weighted by molar-refractivity contribution is 0.0335. The molecule has 1 aromatic carbocycles. The number of rotatable bonds is 5. The Morgan fingerprint density at radius 1 is 1.10 bits per heavy atom. The van der Waals surface area contributed by atoms with E-state index in [1.54, 1.807) is 19.4 Å². The van der Waals surface area contributed by atoms with E-state index in [4.69, 9.17) is 20.9 Å². The van der Waals surface area contributed by atoms with Crippen molar-refractivity contribution in [3.63, 3.8) is 0 Å². The van der Waals surface area contributed by atoms with Crippen LogP contribution in [0.1, 0.15) is 16.7 Å². The van der Waals surface area contributed by atoms with E-state index in [2.05, 4.69) is 32.2 Å². The van der Waals surface area contributed by atoms with Gasteiger partial charge in [0.25, 0.3) is 0 Å². The molecular weight excluding hydrogens is 368 g/mol. The lowest BCUT2D eigenvalue weighted by atomic mass is 9.95. The van der Waals surface area contributed by atoms with Gasteiger partial charge in [-0.05, 0) is 42.2 Å². The molecular formula is C21H32N6O2. The Bertz CT molecular complexity index is 790. The molecule has 158 valence electrons. The van der Waals surface area contributed by atoms with E-state index in [0.717, 1.165) is 76.6 Å². The second-order valence-electron chi connectivity index (χ2n) is 7.90. The molecule has 4 rings (SSSR count). The van der Waals surface area contributed by atoms with Crippen molar-refractivity contribution in [3.8, 4) is 5.75 Å². The highest BCUT2D eigenvalue weighted by atomic mass is 16.5. The zero-order valence-electron chi connectivity index (χ0n) is 17.2. The van der Waals surface area contributed by atoms with Crippen LogP contribution in [0.3, 0.4) is 0 Å². The van der Waals surface area contributed by atoms with Crippen molar-refractivity contribution in [2.24, 2.45) is 16.5 Å². The van der Waals surface area contributed by atoms with Crippen LogP contribution in [-0.4, -0.2) is 75.2 Å². The maximum absolute atomic E-state index is 6.54. The fourth-order valence-electron chi connectivity index (χ4n) is 4.26. The van der Waals surface area contributed by atoms with Gasteiger partial charge in [-0.1, -0.05) is 0 Å². The number of nitrogens with zero attached hydrogens (tertiary/aromatic N) is 3. The molecule has 0 amide bonds. The fourth-order valence-corrected chi connectivity index (χ4v) is 4.26. The van der Waals surface area contributed by atoms with Crippen LogP contribution in [0.5, 0.6) is 5.75 Å². The maximum atomic E-state index is 6.54. The molecule has 1 atom stereocenters. The van der Waals surface area contributed by atoms with Crippen molar-refractivity contribution in [2.75, 3.05) is 59.6 Å². The van der Waals surface area contributed by atoms with Crippen LogP contribution in [-0.2, 0) is 23.4 Å². The van der Waals surface area contributed by atoms with Crippen molar-refractivity contribution in [1.29, 1.82) is 0 Å². The van der Waals surface area contributed by atoms with Gasteiger partial charge in [0, 0.05) is 45.5 Å². The van der Waals surface area contributed by atoms with Gasteiger partial charge in [-0.3, -0.25) is 10.6 Å². The average molecular weight is 401 g/mol. The number of hydrogen-bond donors (Lipinski definition) is 3. The van der Waals surface area contributed by atoms with Crippen LogP contribution in [0.25, 0.3) is 0 Å². The van der Waals surface area contributed by atoms with Gasteiger partial charge in [0.15, 0.2) is 0 Å². The van der Waals surface area contributed by atoms with Gasteiger partial charge in [0.2, 0.25) is 5.79 Å². The molecule has 5 N–H and O–H groups in total. The molecule has 29 heavy (non-hydrogen) atoms. The standard InChI is InChI=1S/C21H32N6O2/c1-28-19-15-17-4-7-26(8-9-27-10-12-29-13-11-27)6-3-16(17)14-18(19)21(23)24-5-2-20(22)25-21/h2,5,14-15,24H,3-4,6-13,23H2,1H3,(H2,22,25). The summed E-state index contributed by atoms with van der Waals surface area (Å²) >= 11 is 0. The zero-order chi connectivity index (χ0) is 20.3. The lowest BCUT2D eigenvalue weighted by Gasteiger charge is -2.31. The van der Waals surface area contributed by atoms with Crippen molar-refractivity contribution in [3.05, 3.63) is 41.1 Å². The second-order valence-corrected chi connectivity index (χ2v) is 7.90. The number of ether oxygens (including phenoxy) is 2. The Labute approximate surface area is 172 Å². The monoisotopic (exact) mass is 400 g/mol. The normalized spacial score (nSPS) is 25.7. The van der Waals surface area contributed by atoms with Gasteiger partial charge in [-0.15, -0.1) is 0 Å². The Morgan fingerprint density at radius 3 is 2.41 bits per heavy atom. The molecule has 0 saturated carbocycles. The topological polar surface area (TPSA) is 101 Å². The first kappa shape index (κ1) is 20.2. The minimum atomic E-state index is -1.11. The smallest absolute Gasteiger partial charge is 0.214 e. The summed E-state index contributed by atoms with van der Waals surface area (Å²) in [6, 6.07) is 4.26. The maximum Gasteiger partial charge on any atom is 0.214 e. The number of benzene rings is 1. The molecule has 0 aliphatic carbocycles. The Hall–Kier alpha value is -2.13. The van der Waals surface area contributed by atoms with Crippen LogP contribution in [0.2, 0.25) is 0 Å². The number of fused-ring (bicyclic) bond motifs is 1. The van der Waals surface area contributed by atoms with Crippen LogP contribution in [0, 0.1) is 0 Å². The van der Waals surface area contributed by atoms with Crippen molar-refractivity contribution in [1.82, 2.24) is 15.1 Å². The highest BCUT2D eigenvalue weighted by molar-refractivity contribution is 5.92. The Balaban J connectivity index is 1.48. The van der Waals surface area contributed by atoms with Crippen LogP contribution in [0.15, 0.2) is 29.4 Å². The molecule has 1 fully saturated rings. The predicted octanol–water partition coefficient (Wildman–Crippen LogP) is -0.0289. The third-order valence-corrected chi connectivity index (χ3v) is 6.03. The summed E-state index contributed by atoms with van der Waals surface area (Å²) in [5.74, 6) is 0.0338. The van der Waals surface area contributed by atoms with E-state index in [9.17, 15) is 0 Å². The predicted molar refractivity (Wildman–Crippen MR) is 114 cm³/mol. The second kappa shape index (κ2) is 8.71. The van der Waals surface area contributed by atoms with Gasteiger partial charge < -0.3 is 25.4 Å². The first-order valence-electron chi connectivity index (χ1n) is 10.4. The van der Waals surface area contributed by atoms with Crippen molar-refractivity contribution >= 4 is 5.84 Å². The number of amidine groups is 1. The molecule has 3 aliphatic heterocycles. The van der Waals surface area contributed by atoms with E-state index in [-0.39, 0.29) is 0 Å². The van der Waals surface area contributed by atoms with E-state index in [1.807, 2.05) is 0 Å². The zero-order valence-corrected chi connectivity index (χ0v) is 17.2. The van der Waals surface area contributed by atoms with Gasteiger partial charge in [0.1, 0.15) is 11.6 Å². The summed E-state index contributed by atoms with van der Waals surface area (Å²) < 4.78 is 11.1. The summed E-state index contributed by atoms with van der Waals surface area (Å²) in [7, 11) is 1.67. The molecule has 0 spiro atoms. The first-order chi connectivity index (χ1) is 14.1. The highest BCUT2D eigenvalue weighted by Crippen LogP contribution is 2.33. The van der Waals surface area contributed by atoms with Crippen LogP contribution in [0.4, 0.5) is 0 Å². The van der Waals surface area contributed by atoms with Gasteiger partial charge >= 0.3 is 0 Å². The number of hydrogen-bond acceptors (Lipinski definition) is 8. The molecule has 3 heterocycles. The molecule has 8 heteroatoms. The SMILES string of the molecule is COc1cc2c(cc1C1(N)N=C(N)C=CN1)CCN(CCN1CCOCC1)CC2. The Morgan fingerprint density at radius 2 is 1.76 bits per heavy atom. The van der Waals surface area contributed by atoms with Gasteiger partial charge in [-0.25, -0.2) is 4.99 Å². The molecule has 8 nitrogen and oxygen atoms in total. The quantitative estimate of drug-likeness (QED) is 0.638. The number of nitrogens with two attached hydrogens (primary N) is 2. The Kier molecular flexibility index (Phi) is 6.05. The molecule has 3 aliphatic rings.